The lowest BCUT2D eigenvalue weighted by molar-refractivity contribution is 0.122. The summed E-state index contributed by atoms with van der Waals surface area (Å²) in [5.41, 5.74) is 9.64. The molecule has 1 heterocycles. The minimum Gasteiger partial charge on any atom is -0.378 e. The Balaban J connectivity index is 0.00000243. The summed E-state index contributed by atoms with van der Waals surface area (Å²) in [6.45, 7) is 4.89. The molecule has 2 aromatic carbocycles. The second-order valence-corrected chi connectivity index (χ2v) is 6.13. The normalized spacial score (nSPS) is 14.6. The van der Waals surface area contributed by atoms with Crippen molar-refractivity contribution in [1.82, 2.24) is 5.32 Å². The molecule has 140 valence electrons. The van der Waals surface area contributed by atoms with E-state index in [0.717, 1.165) is 44.8 Å². The van der Waals surface area contributed by atoms with Gasteiger partial charge in [-0.25, -0.2) is 4.99 Å². The molecule has 0 amide bonds. The molecule has 0 aliphatic carbocycles. The molecule has 0 bridgehead atoms. The summed E-state index contributed by atoms with van der Waals surface area (Å²) in [4.78, 5) is 6.76. The number of guanidine groups is 1. The molecule has 0 unspecified atom stereocenters. The quantitative estimate of drug-likeness (QED) is 0.391. The first-order valence-corrected chi connectivity index (χ1v) is 8.80. The van der Waals surface area contributed by atoms with Crippen molar-refractivity contribution in [2.75, 3.05) is 37.7 Å². The third-order valence-electron chi connectivity index (χ3n) is 4.31. The lowest BCUT2D eigenvalue weighted by Gasteiger charge is -2.28. The largest absolute Gasteiger partial charge is 0.378 e. The van der Waals surface area contributed by atoms with Crippen LogP contribution in [0.15, 0.2) is 59.6 Å². The summed E-state index contributed by atoms with van der Waals surface area (Å²) < 4.78 is 5.39. The number of hydrogen-bond donors (Lipinski definition) is 2. The predicted molar refractivity (Wildman–Crippen MR) is 118 cm³/mol. The summed E-state index contributed by atoms with van der Waals surface area (Å²) >= 11 is 0. The Hall–Kier alpha value is -1.80. The summed E-state index contributed by atoms with van der Waals surface area (Å²) in [6, 6.07) is 18.9. The topological polar surface area (TPSA) is 62.9 Å². The number of halogens is 1. The van der Waals surface area contributed by atoms with Gasteiger partial charge in [0.15, 0.2) is 5.96 Å². The zero-order valence-corrected chi connectivity index (χ0v) is 17.3. The van der Waals surface area contributed by atoms with Gasteiger partial charge < -0.3 is 20.7 Å². The summed E-state index contributed by atoms with van der Waals surface area (Å²) in [7, 11) is 0. The Bertz CT molecular complexity index is 670. The van der Waals surface area contributed by atoms with Gasteiger partial charge in [-0.3, -0.25) is 0 Å². The Morgan fingerprint density at radius 1 is 1.00 bits per heavy atom. The lowest BCUT2D eigenvalue weighted by Crippen LogP contribution is -2.36. The Labute approximate surface area is 172 Å². The maximum Gasteiger partial charge on any atom is 0.188 e. The van der Waals surface area contributed by atoms with E-state index in [1.165, 1.54) is 11.3 Å². The zero-order valence-electron chi connectivity index (χ0n) is 14.9. The smallest absolute Gasteiger partial charge is 0.188 e. The van der Waals surface area contributed by atoms with Crippen molar-refractivity contribution in [2.45, 2.75) is 13.0 Å². The van der Waals surface area contributed by atoms with E-state index in [2.05, 4.69) is 51.6 Å². The second kappa shape index (κ2) is 11.0. The molecule has 1 aliphatic rings. The van der Waals surface area contributed by atoms with Crippen LogP contribution in [0.3, 0.4) is 0 Å². The molecule has 0 spiro atoms. The van der Waals surface area contributed by atoms with Crippen LogP contribution in [0.5, 0.6) is 0 Å². The zero-order chi connectivity index (χ0) is 17.3. The van der Waals surface area contributed by atoms with E-state index >= 15 is 0 Å². The van der Waals surface area contributed by atoms with Crippen LogP contribution >= 0.6 is 24.0 Å². The van der Waals surface area contributed by atoms with E-state index in [9.17, 15) is 0 Å². The molecule has 3 N–H and O–H groups in total. The number of ether oxygens (including phenoxy) is 1. The summed E-state index contributed by atoms with van der Waals surface area (Å²) in [5, 5.41) is 3.17. The molecular formula is C20H27IN4O. The highest BCUT2D eigenvalue weighted by Crippen LogP contribution is 2.17. The second-order valence-electron chi connectivity index (χ2n) is 6.13. The molecule has 3 rings (SSSR count). The third-order valence-corrected chi connectivity index (χ3v) is 4.31. The average molecular weight is 466 g/mol. The van der Waals surface area contributed by atoms with E-state index in [-0.39, 0.29) is 24.0 Å². The van der Waals surface area contributed by atoms with Crippen LogP contribution in [-0.2, 0) is 17.7 Å². The summed E-state index contributed by atoms with van der Waals surface area (Å²) in [5.74, 6) is 0.494. The van der Waals surface area contributed by atoms with Crippen molar-refractivity contribution in [3.05, 3.63) is 65.7 Å². The maximum absolute atomic E-state index is 5.95. The van der Waals surface area contributed by atoms with E-state index in [4.69, 9.17) is 10.5 Å². The van der Waals surface area contributed by atoms with E-state index in [1.54, 1.807) is 0 Å². The van der Waals surface area contributed by atoms with Crippen molar-refractivity contribution in [3.8, 4) is 0 Å². The van der Waals surface area contributed by atoms with Gasteiger partial charge in [-0.1, -0.05) is 42.5 Å². The number of nitrogens with two attached hydrogens (primary N) is 1. The van der Waals surface area contributed by atoms with Crippen LogP contribution < -0.4 is 16.0 Å². The predicted octanol–water partition coefficient (Wildman–Crippen LogP) is 2.79. The first-order chi connectivity index (χ1) is 12.3. The molecule has 1 fully saturated rings. The highest BCUT2D eigenvalue weighted by atomic mass is 127. The molecular weight excluding hydrogens is 439 g/mol. The van der Waals surface area contributed by atoms with Crippen molar-refractivity contribution in [2.24, 2.45) is 10.7 Å². The highest BCUT2D eigenvalue weighted by molar-refractivity contribution is 14.0. The number of anilines is 1. The number of rotatable bonds is 6. The molecule has 0 saturated carbocycles. The fourth-order valence-electron chi connectivity index (χ4n) is 2.85. The Kier molecular flexibility index (Phi) is 8.70. The van der Waals surface area contributed by atoms with Crippen LogP contribution in [0.2, 0.25) is 0 Å². The van der Waals surface area contributed by atoms with Crippen LogP contribution in [0.1, 0.15) is 11.1 Å². The molecule has 6 heteroatoms. The van der Waals surface area contributed by atoms with Crippen LogP contribution in [-0.4, -0.2) is 38.8 Å². The van der Waals surface area contributed by atoms with Crippen molar-refractivity contribution in [3.63, 3.8) is 0 Å². The van der Waals surface area contributed by atoms with Gasteiger partial charge in [0.25, 0.3) is 0 Å². The fourth-order valence-corrected chi connectivity index (χ4v) is 2.85. The van der Waals surface area contributed by atoms with Crippen molar-refractivity contribution >= 4 is 35.6 Å². The van der Waals surface area contributed by atoms with Gasteiger partial charge in [0.05, 0.1) is 19.8 Å². The molecule has 0 radical (unpaired) electrons. The number of benzene rings is 2. The van der Waals surface area contributed by atoms with Gasteiger partial charge in [-0.15, -0.1) is 24.0 Å². The number of nitrogens with zero attached hydrogens (tertiary/aromatic N) is 2. The van der Waals surface area contributed by atoms with Crippen LogP contribution in [0, 0.1) is 0 Å². The minimum absolute atomic E-state index is 0. The van der Waals surface area contributed by atoms with E-state index in [0.29, 0.717) is 12.5 Å². The molecule has 1 saturated heterocycles. The number of hydrogen-bond acceptors (Lipinski definition) is 3. The van der Waals surface area contributed by atoms with Gasteiger partial charge in [-0.05, 0) is 29.7 Å². The van der Waals surface area contributed by atoms with Gasteiger partial charge in [0.2, 0.25) is 0 Å². The molecule has 5 nitrogen and oxygen atoms in total. The van der Waals surface area contributed by atoms with Gasteiger partial charge in [-0.2, -0.15) is 0 Å². The number of nitrogens with one attached hydrogen (secondary N) is 1. The molecule has 2 aromatic rings. The minimum atomic E-state index is 0. The van der Waals surface area contributed by atoms with Gasteiger partial charge in [0.1, 0.15) is 0 Å². The molecule has 0 aromatic heterocycles. The monoisotopic (exact) mass is 466 g/mol. The summed E-state index contributed by atoms with van der Waals surface area (Å²) in [6.07, 6.45) is 0.936. The van der Waals surface area contributed by atoms with Crippen molar-refractivity contribution in [1.29, 1.82) is 0 Å². The lowest BCUT2D eigenvalue weighted by atomic mass is 10.1. The molecule has 0 atom stereocenters. The average Bonchev–Trinajstić information content (AvgIpc) is 2.68. The SMILES string of the molecule is I.NC(=NCc1ccc(N2CCOCC2)cc1)NCCc1ccccc1. The number of morpholine rings is 1. The Morgan fingerprint density at radius 2 is 1.69 bits per heavy atom. The van der Waals surface area contributed by atoms with Crippen molar-refractivity contribution < 1.29 is 4.74 Å². The maximum atomic E-state index is 5.95. The molecule has 1 aliphatic heterocycles. The number of aliphatic imine (C=N–C) groups is 1. The molecule has 26 heavy (non-hydrogen) atoms. The standard InChI is InChI=1S/C20H26N4O.HI/c21-20(22-11-10-17-4-2-1-3-5-17)23-16-18-6-8-19(9-7-18)24-12-14-25-15-13-24;/h1-9H,10-16H2,(H3,21,22,23);1H. The van der Waals surface area contributed by atoms with E-state index < -0.39 is 0 Å². The first kappa shape index (κ1) is 20.5. The highest BCUT2D eigenvalue weighted by Gasteiger charge is 2.10. The van der Waals surface area contributed by atoms with Crippen LogP contribution in [0.4, 0.5) is 5.69 Å². The van der Waals surface area contributed by atoms with Crippen LogP contribution in [0.25, 0.3) is 0 Å². The first-order valence-electron chi connectivity index (χ1n) is 8.80. The van der Waals surface area contributed by atoms with Gasteiger partial charge >= 0.3 is 0 Å². The Morgan fingerprint density at radius 3 is 2.38 bits per heavy atom. The van der Waals surface area contributed by atoms with Gasteiger partial charge in [0, 0.05) is 25.3 Å². The van der Waals surface area contributed by atoms with E-state index in [1.807, 2.05) is 18.2 Å². The fraction of sp³-hybridized carbons (Fsp3) is 0.350. The third kappa shape index (κ3) is 6.49.